The second kappa shape index (κ2) is 9.49. The molecular weight excluding hydrogens is 352 g/mol. The van der Waals surface area contributed by atoms with E-state index in [4.69, 9.17) is 14.7 Å². The Hall–Kier alpha value is -2.98. The first-order valence-corrected chi connectivity index (χ1v) is 8.83. The van der Waals surface area contributed by atoms with Crippen LogP contribution in [0.5, 0.6) is 5.75 Å². The van der Waals surface area contributed by atoms with Gasteiger partial charge in [-0.2, -0.15) is 5.26 Å². The molecule has 1 aromatic carbocycles. The van der Waals surface area contributed by atoms with Crippen molar-refractivity contribution in [1.82, 2.24) is 4.98 Å². The zero-order chi connectivity index (χ0) is 18.9. The number of nitriles is 1. The highest BCUT2D eigenvalue weighted by Crippen LogP contribution is 2.20. The van der Waals surface area contributed by atoms with Gasteiger partial charge in [0.2, 0.25) is 0 Å². The maximum atomic E-state index is 12.1. The van der Waals surface area contributed by atoms with Crippen molar-refractivity contribution in [2.24, 2.45) is 0 Å². The summed E-state index contributed by atoms with van der Waals surface area (Å²) in [5.74, 6) is -1.42. The van der Waals surface area contributed by atoms with Crippen molar-refractivity contribution in [3.8, 4) is 11.8 Å². The lowest BCUT2D eigenvalue weighted by atomic mass is 10.1. The maximum Gasteiger partial charge on any atom is 0.331 e. The topological polar surface area (TPSA) is 89.3 Å². The van der Waals surface area contributed by atoms with Crippen molar-refractivity contribution in [2.75, 3.05) is 13.2 Å². The van der Waals surface area contributed by atoms with E-state index in [9.17, 15) is 9.59 Å². The van der Waals surface area contributed by atoms with Crippen LogP contribution in [0.3, 0.4) is 0 Å². The zero-order valence-corrected chi connectivity index (χ0v) is 15.3. The molecule has 1 atom stereocenters. The van der Waals surface area contributed by atoms with Crippen LogP contribution in [-0.2, 0) is 14.3 Å². The average Bonchev–Trinajstić information content (AvgIpc) is 3.06. The van der Waals surface area contributed by atoms with Gasteiger partial charge < -0.3 is 9.47 Å². The number of Topliss-reactive ketones (excluding diaryl/α,β-unsaturated/α-hetero) is 1. The predicted molar refractivity (Wildman–Crippen MR) is 97.8 cm³/mol. The van der Waals surface area contributed by atoms with Gasteiger partial charge in [0.1, 0.15) is 10.8 Å². The first-order chi connectivity index (χ1) is 12.5. The largest absolute Gasteiger partial charge is 0.494 e. The third-order valence-electron chi connectivity index (χ3n) is 3.29. The number of esters is 1. The van der Waals surface area contributed by atoms with Crippen LogP contribution in [0.15, 0.2) is 35.7 Å². The summed E-state index contributed by atoms with van der Waals surface area (Å²) in [7, 11) is 0. The van der Waals surface area contributed by atoms with E-state index in [1.54, 1.807) is 42.6 Å². The van der Waals surface area contributed by atoms with Gasteiger partial charge in [-0.1, -0.05) is 12.1 Å². The number of carbonyl (C=O) groups excluding carboxylic acids is 2. The maximum absolute atomic E-state index is 12.1. The summed E-state index contributed by atoms with van der Waals surface area (Å²) in [4.78, 5) is 28.0. The number of benzene rings is 1. The van der Waals surface area contributed by atoms with E-state index in [0.717, 1.165) is 17.0 Å². The van der Waals surface area contributed by atoms with Crippen LogP contribution in [0.1, 0.15) is 29.1 Å². The predicted octanol–water partition coefficient (Wildman–Crippen LogP) is 3.28. The number of carbonyl (C=O) groups is 2. The van der Waals surface area contributed by atoms with Gasteiger partial charge in [-0.3, -0.25) is 4.79 Å². The van der Waals surface area contributed by atoms with E-state index in [-0.39, 0.29) is 0 Å². The molecule has 6 nitrogen and oxygen atoms in total. The van der Waals surface area contributed by atoms with Gasteiger partial charge in [-0.05, 0) is 37.6 Å². The van der Waals surface area contributed by atoms with Crippen molar-refractivity contribution in [3.05, 3.63) is 52.0 Å². The van der Waals surface area contributed by atoms with Gasteiger partial charge in [-0.25, -0.2) is 9.78 Å². The molecule has 2 aromatic rings. The van der Waals surface area contributed by atoms with Gasteiger partial charge >= 0.3 is 5.97 Å². The number of ether oxygens (including phenoxy) is 2. The molecule has 7 heteroatoms. The van der Waals surface area contributed by atoms with Crippen molar-refractivity contribution in [2.45, 2.75) is 19.8 Å². The number of ketones is 1. The Labute approximate surface area is 155 Å². The van der Waals surface area contributed by atoms with E-state index < -0.39 is 24.3 Å². The van der Waals surface area contributed by atoms with Crippen LogP contribution in [0.2, 0.25) is 0 Å². The van der Waals surface area contributed by atoms with Gasteiger partial charge in [0.25, 0.3) is 0 Å². The van der Waals surface area contributed by atoms with Crippen molar-refractivity contribution < 1.29 is 19.1 Å². The molecule has 0 amide bonds. The standard InChI is InChI=1S/C19H18N2O4S/c1-3-24-15-7-4-14(5-8-15)6-9-18(23)25-11-17(22)16(10-20)19-21-13(2)12-26-19/h4-9,12,16H,3,11H2,1-2H3/b9-6+/t16-/m1/s1. The van der Waals surface area contributed by atoms with Crippen LogP contribution in [0, 0.1) is 18.3 Å². The molecule has 0 saturated carbocycles. The first kappa shape index (κ1) is 19.3. The molecule has 1 aromatic heterocycles. The van der Waals surface area contributed by atoms with E-state index in [1.165, 1.54) is 17.4 Å². The molecule has 0 fully saturated rings. The van der Waals surface area contributed by atoms with E-state index in [1.807, 2.05) is 13.0 Å². The Morgan fingerprint density at radius 3 is 2.65 bits per heavy atom. The molecule has 0 bridgehead atoms. The average molecular weight is 370 g/mol. The van der Waals surface area contributed by atoms with Gasteiger partial charge in [-0.15, -0.1) is 11.3 Å². The normalized spacial score (nSPS) is 11.7. The molecule has 0 unspecified atom stereocenters. The molecule has 0 aliphatic carbocycles. The minimum atomic E-state index is -1.02. The summed E-state index contributed by atoms with van der Waals surface area (Å²) in [6.45, 7) is 3.80. The van der Waals surface area contributed by atoms with Gasteiger partial charge in [0.05, 0.1) is 12.7 Å². The quantitative estimate of drug-likeness (QED) is 0.523. The fourth-order valence-electron chi connectivity index (χ4n) is 2.05. The first-order valence-electron chi connectivity index (χ1n) is 7.95. The van der Waals surface area contributed by atoms with Crippen LogP contribution in [-0.4, -0.2) is 30.0 Å². The Morgan fingerprint density at radius 1 is 1.35 bits per heavy atom. The number of aryl methyl sites for hydroxylation is 1. The van der Waals surface area contributed by atoms with E-state index in [2.05, 4.69) is 4.98 Å². The highest BCUT2D eigenvalue weighted by molar-refractivity contribution is 7.09. The number of rotatable bonds is 8. The van der Waals surface area contributed by atoms with Gasteiger partial charge in [0, 0.05) is 17.2 Å². The Kier molecular flexibility index (Phi) is 7.06. The molecule has 0 saturated heterocycles. The SMILES string of the molecule is CCOc1ccc(/C=C/C(=O)OCC(=O)[C@@H](C#N)c2nc(C)cs2)cc1. The van der Waals surface area contributed by atoms with Crippen molar-refractivity contribution in [3.63, 3.8) is 0 Å². The van der Waals surface area contributed by atoms with Crippen LogP contribution in [0.4, 0.5) is 0 Å². The summed E-state index contributed by atoms with van der Waals surface area (Å²) in [5, 5.41) is 11.3. The molecular formula is C19H18N2O4S. The number of hydrogen-bond donors (Lipinski definition) is 0. The fourth-order valence-corrected chi connectivity index (χ4v) is 2.91. The van der Waals surface area contributed by atoms with Crippen LogP contribution >= 0.6 is 11.3 Å². The lowest BCUT2D eigenvalue weighted by Crippen LogP contribution is -2.19. The molecule has 0 radical (unpaired) electrons. The minimum Gasteiger partial charge on any atom is -0.494 e. The molecule has 0 aliphatic rings. The molecule has 0 N–H and O–H groups in total. The lowest BCUT2D eigenvalue weighted by molar-refractivity contribution is -0.143. The number of aromatic nitrogens is 1. The number of nitrogens with zero attached hydrogens (tertiary/aromatic N) is 2. The van der Waals surface area contributed by atoms with Crippen LogP contribution in [0.25, 0.3) is 6.08 Å². The summed E-state index contributed by atoms with van der Waals surface area (Å²) in [6, 6.07) is 9.10. The highest BCUT2D eigenvalue weighted by atomic mass is 32.1. The third-order valence-corrected chi connectivity index (χ3v) is 4.32. The number of hydrogen-bond acceptors (Lipinski definition) is 7. The monoisotopic (exact) mass is 370 g/mol. The van der Waals surface area contributed by atoms with Crippen molar-refractivity contribution >= 4 is 29.2 Å². The molecule has 0 aliphatic heterocycles. The summed E-state index contributed by atoms with van der Waals surface area (Å²) in [5.41, 5.74) is 1.54. The van der Waals surface area contributed by atoms with Gasteiger partial charge in [0.15, 0.2) is 18.3 Å². The fraction of sp³-hybridized carbons (Fsp3) is 0.263. The third kappa shape index (κ3) is 5.53. The van der Waals surface area contributed by atoms with E-state index >= 15 is 0 Å². The minimum absolute atomic E-state index is 0.413. The molecule has 1 heterocycles. The zero-order valence-electron chi connectivity index (χ0n) is 14.5. The smallest absolute Gasteiger partial charge is 0.331 e. The summed E-state index contributed by atoms with van der Waals surface area (Å²) >= 11 is 1.24. The Balaban J connectivity index is 1.87. The molecule has 26 heavy (non-hydrogen) atoms. The second-order valence-electron chi connectivity index (χ2n) is 5.30. The van der Waals surface area contributed by atoms with Crippen LogP contribution < -0.4 is 4.74 Å². The second-order valence-corrected chi connectivity index (χ2v) is 6.19. The van der Waals surface area contributed by atoms with Crippen molar-refractivity contribution in [1.29, 1.82) is 5.26 Å². The summed E-state index contributed by atoms with van der Waals surface area (Å²) in [6.07, 6.45) is 2.81. The molecule has 134 valence electrons. The Morgan fingerprint density at radius 2 is 2.08 bits per heavy atom. The number of thiazole rings is 1. The Bertz CT molecular complexity index is 834. The molecule has 0 spiro atoms. The lowest BCUT2D eigenvalue weighted by Gasteiger charge is -2.05. The highest BCUT2D eigenvalue weighted by Gasteiger charge is 2.24. The summed E-state index contributed by atoms with van der Waals surface area (Å²) < 4.78 is 10.3. The van der Waals surface area contributed by atoms with E-state index in [0.29, 0.717) is 11.6 Å². The molecule has 2 rings (SSSR count).